The lowest BCUT2D eigenvalue weighted by molar-refractivity contribution is 0.250. The summed E-state index contributed by atoms with van der Waals surface area (Å²) >= 11 is 5.09. The fourth-order valence-corrected chi connectivity index (χ4v) is 4.87. The molecule has 0 aromatic heterocycles. The highest BCUT2D eigenvalue weighted by atomic mass is 32.5. The van der Waals surface area contributed by atoms with Crippen molar-refractivity contribution in [3.63, 3.8) is 0 Å². The summed E-state index contributed by atoms with van der Waals surface area (Å²) in [5.74, 6) is 0.568. The lowest BCUT2D eigenvalue weighted by Gasteiger charge is -2.16. The third kappa shape index (κ3) is 16.3. The maximum atomic E-state index is 10.1. The van der Waals surface area contributed by atoms with Crippen LogP contribution in [-0.4, -0.2) is 11.5 Å². The first-order valence-corrected chi connectivity index (χ1v) is 14.9. The molecule has 0 radical (unpaired) electrons. The highest BCUT2D eigenvalue weighted by Crippen LogP contribution is 2.44. The molecule has 1 aromatic carbocycles. The minimum absolute atomic E-state index is 0.470. The summed E-state index contributed by atoms with van der Waals surface area (Å²) in [7, 11) is 0. The topological polar surface area (TPSA) is 38.7 Å². The van der Waals surface area contributed by atoms with Gasteiger partial charge in [-0.05, 0) is 25.5 Å². The Hall–Kier alpha value is -0.410. The van der Waals surface area contributed by atoms with Gasteiger partial charge in [0, 0.05) is 11.8 Å². The quantitative estimate of drug-likeness (QED) is 0.157. The van der Waals surface area contributed by atoms with Crippen LogP contribution in [0.25, 0.3) is 0 Å². The largest absolute Gasteiger partial charge is 0.424 e. The fraction of sp³-hybridized carbons (Fsp3) is 0.760. The Bertz CT molecular complexity index is 562. The van der Waals surface area contributed by atoms with E-state index < -0.39 is 6.72 Å². The predicted octanol–water partition coefficient (Wildman–Crippen LogP) is 8.87. The molecule has 0 aliphatic rings. The normalized spacial score (nSPS) is 13.3. The minimum atomic E-state index is -3.19. The molecule has 0 aliphatic carbocycles. The molecule has 0 aliphatic heterocycles. The van der Waals surface area contributed by atoms with Gasteiger partial charge < -0.3 is 9.42 Å². The van der Waals surface area contributed by atoms with Gasteiger partial charge in [-0.25, -0.2) is 0 Å². The molecule has 1 N–H and O–H groups in total. The molecule has 0 saturated heterocycles. The van der Waals surface area contributed by atoms with E-state index in [4.69, 9.17) is 20.9 Å². The van der Waals surface area contributed by atoms with Crippen LogP contribution in [0.1, 0.15) is 115 Å². The molecule has 0 saturated carbocycles. The van der Waals surface area contributed by atoms with Crippen molar-refractivity contribution in [2.45, 2.75) is 117 Å². The third-order valence-corrected chi connectivity index (χ3v) is 6.98. The van der Waals surface area contributed by atoms with Gasteiger partial charge in [-0.1, -0.05) is 121 Å². The van der Waals surface area contributed by atoms with Crippen LogP contribution in [0.5, 0.6) is 5.75 Å². The van der Waals surface area contributed by atoms with E-state index in [0.717, 1.165) is 18.4 Å². The van der Waals surface area contributed by atoms with E-state index >= 15 is 0 Å². The zero-order chi connectivity index (χ0) is 21.9. The number of aryl methyl sites for hydroxylation is 1. The molecule has 30 heavy (non-hydrogen) atoms. The van der Waals surface area contributed by atoms with Crippen molar-refractivity contribution in [1.82, 2.24) is 0 Å². The lowest BCUT2D eigenvalue weighted by Crippen LogP contribution is -1.99. The summed E-state index contributed by atoms with van der Waals surface area (Å²) in [6.07, 6.45) is 21.4. The average molecular weight is 457 g/mol. The Kier molecular flexibility index (Phi) is 16.7. The van der Waals surface area contributed by atoms with E-state index in [-0.39, 0.29) is 0 Å². The highest BCUT2D eigenvalue weighted by molar-refractivity contribution is 8.07. The second-order valence-corrected chi connectivity index (χ2v) is 11.3. The standard InChI is InChI=1S/C25H45O3PS/c1-3-4-5-6-7-8-9-10-11-12-13-14-15-16-17-18-23-27-29(26,30)28-25-21-19-24(2)20-22-25/h19-22H,3-18,23H2,1-2H3,(H,26,30). The van der Waals surface area contributed by atoms with Crippen molar-refractivity contribution in [2.75, 3.05) is 6.61 Å². The van der Waals surface area contributed by atoms with E-state index in [1.807, 2.05) is 31.2 Å². The molecule has 174 valence electrons. The van der Waals surface area contributed by atoms with Gasteiger partial charge in [0.1, 0.15) is 5.75 Å². The highest BCUT2D eigenvalue weighted by Gasteiger charge is 2.16. The van der Waals surface area contributed by atoms with Crippen LogP contribution in [0.15, 0.2) is 24.3 Å². The van der Waals surface area contributed by atoms with Crippen LogP contribution in [0.4, 0.5) is 0 Å². The molecule has 3 nitrogen and oxygen atoms in total. The number of benzene rings is 1. The Morgan fingerprint density at radius 3 is 1.53 bits per heavy atom. The van der Waals surface area contributed by atoms with Crippen molar-refractivity contribution in [3.05, 3.63) is 29.8 Å². The zero-order valence-electron chi connectivity index (χ0n) is 19.4. The molecule has 1 rings (SSSR count). The molecule has 0 fully saturated rings. The van der Waals surface area contributed by atoms with Gasteiger partial charge in [0.15, 0.2) is 0 Å². The first-order chi connectivity index (χ1) is 14.5. The van der Waals surface area contributed by atoms with Gasteiger partial charge in [0.05, 0.1) is 6.61 Å². The number of rotatable bonds is 20. The summed E-state index contributed by atoms with van der Waals surface area (Å²) in [5, 5.41) is 0. The maximum Gasteiger partial charge on any atom is 0.377 e. The SMILES string of the molecule is CCCCCCCCCCCCCCCCCCOP(O)(=S)Oc1ccc(C)cc1. The number of hydrogen-bond acceptors (Lipinski definition) is 3. The van der Waals surface area contributed by atoms with Crippen molar-refractivity contribution in [1.29, 1.82) is 0 Å². The number of unbranched alkanes of at least 4 members (excludes halogenated alkanes) is 15. The van der Waals surface area contributed by atoms with E-state index in [9.17, 15) is 4.89 Å². The summed E-state index contributed by atoms with van der Waals surface area (Å²) in [4.78, 5) is 10.1. The summed E-state index contributed by atoms with van der Waals surface area (Å²) in [5.41, 5.74) is 1.14. The molecule has 1 atom stereocenters. The van der Waals surface area contributed by atoms with Crippen LogP contribution < -0.4 is 4.52 Å². The van der Waals surface area contributed by atoms with E-state index in [2.05, 4.69) is 6.92 Å². The average Bonchev–Trinajstić information content (AvgIpc) is 2.72. The fourth-order valence-electron chi connectivity index (χ4n) is 3.59. The Morgan fingerprint density at radius 2 is 1.10 bits per heavy atom. The molecule has 1 unspecified atom stereocenters. The number of hydrogen-bond donors (Lipinski definition) is 1. The zero-order valence-corrected chi connectivity index (χ0v) is 21.2. The third-order valence-electron chi connectivity index (χ3n) is 5.49. The van der Waals surface area contributed by atoms with Crippen molar-refractivity contribution in [3.8, 4) is 5.75 Å². The first kappa shape index (κ1) is 27.6. The van der Waals surface area contributed by atoms with Crippen molar-refractivity contribution in [2.24, 2.45) is 0 Å². The smallest absolute Gasteiger partial charge is 0.377 e. The Morgan fingerprint density at radius 1 is 0.700 bits per heavy atom. The summed E-state index contributed by atoms with van der Waals surface area (Å²) in [6.45, 7) is 1.57. The first-order valence-electron chi connectivity index (χ1n) is 12.3. The van der Waals surface area contributed by atoms with Crippen LogP contribution in [0.2, 0.25) is 0 Å². The van der Waals surface area contributed by atoms with Gasteiger partial charge in [-0.2, -0.15) is 0 Å². The van der Waals surface area contributed by atoms with Gasteiger partial charge in [0.2, 0.25) is 0 Å². The van der Waals surface area contributed by atoms with Gasteiger partial charge in [-0.15, -0.1) is 0 Å². The molecular weight excluding hydrogens is 411 g/mol. The predicted molar refractivity (Wildman–Crippen MR) is 134 cm³/mol. The molecule has 0 amide bonds. The maximum absolute atomic E-state index is 10.1. The lowest BCUT2D eigenvalue weighted by atomic mass is 10.0. The monoisotopic (exact) mass is 456 g/mol. The van der Waals surface area contributed by atoms with Crippen molar-refractivity contribution >= 4 is 18.5 Å². The van der Waals surface area contributed by atoms with Gasteiger partial charge in [-0.3, -0.25) is 4.52 Å². The second kappa shape index (κ2) is 18.2. The van der Waals surface area contributed by atoms with Crippen LogP contribution in [0, 0.1) is 6.92 Å². The second-order valence-electron chi connectivity index (χ2n) is 8.51. The minimum Gasteiger partial charge on any atom is -0.424 e. The van der Waals surface area contributed by atoms with Crippen LogP contribution in [0.3, 0.4) is 0 Å². The summed E-state index contributed by atoms with van der Waals surface area (Å²) in [6, 6.07) is 7.48. The van der Waals surface area contributed by atoms with E-state index in [0.29, 0.717) is 12.4 Å². The molecule has 1 aromatic rings. The van der Waals surface area contributed by atoms with E-state index in [1.54, 1.807) is 0 Å². The van der Waals surface area contributed by atoms with Gasteiger partial charge in [0.25, 0.3) is 0 Å². The Balaban J connectivity index is 1.85. The molecular formula is C25H45O3PS. The molecule has 0 spiro atoms. The van der Waals surface area contributed by atoms with Crippen LogP contribution in [-0.2, 0) is 16.3 Å². The molecule has 5 heteroatoms. The Labute approximate surface area is 191 Å². The van der Waals surface area contributed by atoms with Crippen LogP contribution >= 0.6 is 6.72 Å². The van der Waals surface area contributed by atoms with Crippen molar-refractivity contribution < 1.29 is 13.9 Å². The molecule has 0 bridgehead atoms. The summed E-state index contributed by atoms with van der Waals surface area (Å²) < 4.78 is 10.9. The molecule has 0 heterocycles. The van der Waals surface area contributed by atoms with Gasteiger partial charge >= 0.3 is 6.72 Å². The van der Waals surface area contributed by atoms with E-state index in [1.165, 1.54) is 89.9 Å².